The average Bonchev–Trinajstić information content (AvgIpc) is 3.14. The zero-order valence-corrected chi connectivity index (χ0v) is 11.7. The molecule has 0 amide bonds. The second kappa shape index (κ2) is 4.94. The summed E-state index contributed by atoms with van der Waals surface area (Å²) in [6.07, 6.45) is 2.50. The fraction of sp³-hybridized carbons (Fsp3) is 0.385. The minimum Gasteiger partial charge on any atom is -0.309 e. The summed E-state index contributed by atoms with van der Waals surface area (Å²) in [5.74, 6) is 2.59. The van der Waals surface area contributed by atoms with Gasteiger partial charge in [0.05, 0.1) is 0 Å². The molecule has 1 aliphatic carbocycles. The van der Waals surface area contributed by atoms with Crippen LogP contribution in [0.25, 0.3) is 0 Å². The van der Waals surface area contributed by atoms with Crippen LogP contribution in [0.1, 0.15) is 30.1 Å². The fourth-order valence-corrected chi connectivity index (χ4v) is 3.11. The monoisotopic (exact) mass is 279 g/mol. The highest BCUT2D eigenvalue weighted by molar-refractivity contribution is 7.98. The van der Waals surface area contributed by atoms with Crippen molar-refractivity contribution in [2.45, 2.75) is 29.7 Å². The Bertz CT molecular complexity index is 563. The third-order valence-corrected chi connectivity index (χ3v) is 4.56. The molecule has 2 aromatic rings. The highest BCUT2D eigenvalue weighted by Crippen LogP contribution is 2.39. The van der Waals surface area contributed by atoms with Gasteiger partial charge in [0.15, 0.2) is 5.16 Å². The number of halogens is 1. The Hall–Kier alpha value is -1.00. The molecule has 0 atom stereocenters. The lowest BCUT2D eigenvalue weighted by Crippen LogP contribution is -1.97. The lowest BCUT2D eigenvalue weighted by molar-refractivity contribution is 0.736. The third-order valence-electron chi connectivity index (χ3n) is 3.13. The molecule has 1 aromatic heterocycles. The molecule has 3 nitrogen and oxygen atoms in total. The molecule has 0 unspecified atom stereocenters. The first-order valence-corrected chi connectivity index (χ1v) is 7.37. The first-order valence-electron chi connectivity index (χ1n) is 6.01. The summed E-state index contributed by atoms with van der Waals surface area (Å²) >= 11 is 7.82. The zero-order chi connectivity index (χ0) is 12.5. The minimum absolute atomic E-state index is 0.636. The van der Waals surface area contributed by atoms with Gasteiger partial charge in [0.25, 0.3) is 0 Å². The van der Waals surface area contributed by atoms with Crippen molar-refractivity contribution in [3.05, 3.63) is 40.7 Å². The van der Waals surface area contributed by atoms with Gasteiger partial charge in [-0.2, -0.15) is 0 Å². The molecule has 5 heteroatoms. The Morgan fingerprint density at radius 2 is 2.11 bits per heavy atom. The van der Waals surface area contributed by atoms with Crippen LogP contribution in [0.5, 0.6) is 0 Å². The maximum Gasteiger partial charge on any atom is 0.191 e. The standard InChI is InChI=1S/C13H14ClN3S/c1-17-12(9-6-7-9)15-16-13(17)18-8-10-4-2-3-5-11(10)14/h2-5,9H,6-8H2,1H3. The van der Waals surface area contributed by atoms with E-state index >= 15 is 0 Å². The minimum atomic E-state index is 0.636. The second-order valence-electron chi connectivity index (χ2n) is 4.55. The summed E-state index contributed by atoms with van der Waals surface area (Å²) in [5.41, 5.74) is 1.14. The van der Waals surface area contributed by atoms with Crippen molar-refractivity contribution in [1.29, 1.82) is 0 Å². The first-order chi connectivity index (χ1) is 8.75. The molecule has 0 radical (unpaired) electrons. The van der Waals surface area contributed by atoms with E-state index in [4.69, 9.17) is 11.6 Å². The van der Waals surface area contributed by atoms with Gasteiger partial charge in [-0.05, 0) is 24.5 Å². The number of aromatic nitrogens is 3. The molecule has 0 N–H and O–H groups in total. The van der Waals surface area contributed by atoms with Crippen LogP contribution in [0.3, 0.4) is 0 Å². The molecule has 0 aliphatic heterocycles. The maximum absolute atomic E-state index is 6.14. The molecule has 94 valence electrons. The topological polar surface area (TPSA) is 30.7 Å². The van der Waals surface area contributed by atoms with Crippen molar-refractivity contribution in [3.8, 4) is 0 Å². The van der Waals surface area contributed by atoms with Gasteiger partial charge in [0.1, 0.15) is 5.82 Å². The fourth-order valence-electron chi connectivity index (χ4n) is 1.91. The number of hydrogen-bond donors (Lipinski definition) is 0. The Morgan fingerprint density at radius 1 is 1.33 bits per heavy atom. The van der Waals surface area contributed by atoms with Crippen LogP contribution < -0.4 is 0 Å². The molecule has 0 bridgehead atoms. The van der Waals surface area contributed by atoms with Crippen LogP contribution in [0, 0.1) is 0 Å². The van der Waals surface area contributed by atoms with Crippen LogP contribution in [0.15, 0.2) is 29.4 Å². The summed E-state index contributed by atoms with van der Waals surface area (Å²) < 4.78 is 2.11. The van der Waals surface area contributed by atoms with E-state index in [9.17, 15) is 0 Å². The number of benzene rings is 1. The maximum atomic E-state index is 6.14. The van der Waals surface area contributed by atoms with E-state index in [1.54, 1.807) is 11.8 Å². The van der Waals surface area contributed by atoms with Crippen LogP contribution in [-0.4, -0.2) is 14.8 Å². The quantitative estimate of drug-likeness (QED) is 0.801. The normalized spacial score (nSPS) is 15.0. The van der Waals surface area contributed by atoms with E-state index in [1.165, 1.54) is 12.8 Å². The lowest BCUT2D eigenvalue weighted by Gasteiger charge is -2.04. The van der Waals surface area contributed by atoms with Crippen molar-refractivity contribution in [2.24, 2.45) is 7.05 Å². The molecule has 1 aliphatic rings. The molecular formula is C13H14ClN3S. The van der Waals surface area contributed by atoms with E-state index in [-0.39, 0.29) is 0 Å². The van der Waals surface area contributed by atoms with Crippen LogP contribution in [-0.2, 0) is 12.8 Å². The first kappa shape index (κ1) is 12.1. The summed E-state index contributed by atoms with van der Waals surface area (Å²) in [7, 11) is 2.04. The van der Waals surface area contributed by atoms with E-state index in [1.807, 2.05) is 31.3 Å². The van der Waals surface area contributed by atoms with Gasteiger partial charge in [-0.15, -0.1) is 10.2 Å². The molecule has 1 heterocycles. The van der Waals surface area contributed by atoms with Crippen molar-refractivity contribution in [1.82, 2.24) is 14.8 Å². The van der Waals surface area contributed by atoms with Gasteiger partial charge >= 0.3 is 0 Å². The average molecular weight is 280 g/mol. The Kier molecular flexibility index (Phi) is 3.31. The Labute approximate surface area is 116 Å². The van der Waals surface area contributed by atoms with Gasteiger partial charge in [0.2, 0.25) is 0 Å². The molecule has 3 rings (SSSR count). The van der Waals surface area contributed by atoms with Crippen molar-refractivity contribution in [2.75, 3.05) is 0 Å². The molecule has 1 aromatic carbocycles. The van der Waals surface area contributed by atoms with Crippen molar-refractivity contribution < 1.29 is 0 Å². The number of rotatable bonds is 4. The van der Waals surface area contributed by atoms with Crippen molar-refractivity contribution >= 4 is 23.4 Å². The van der Waals surface area contributed by atoms with Gasteiger partial charge < -0.3 is 4.57 Å². The van der Waals surface area contributed by atoms with Gasteiger partial charge in [-0.1, -0.05) is 41.6 Å². The number of thioether (sulfide) groups is 1. The summed E-state index contributed by atoms with van der Waals surface area (Å²) in [6.45, 7) is 0. The predicted molar refractivity (Wildman–Crippen MR) is 74.0 cm³/mol. The summed E-state index contributed by atoms with van der Waals surface area (Å²) in [6, 6.07) is 7.93. The van der Waals surface area contributed by atoms with Crippen molar-refractivity contribution in [3.63, 3.8) is 0 Å². The molecule has 1 fully saturated rings. The third kappa shape index (κ3) is 2.40. The predicted octanol–water partition coefficient (Wildman–Crippen LogP) is 3.64. The summed E-state index contributed by atoms with van der Waals surface area (Å²) in [4.78, 5) is 0. The van der Waals surface area contributed by atoms with E-state index in [2.05, 4.69) is 14.8 Å². The second-order valence-corrected chi connectivity index (χ2v) is 5.90. The highest BCUT2D eigenvalue weighted by atomic mass is 35.5. The molecular weight excluding hydrogens is 266 g/mol. The van der Waals surface area contributed by atoms with E-state index < -0.39 is 0 Å². The Morgan fingerprint density at radius 3 is 2.83 bits per heavy atom. The lowest BCUT2D eigenvalue weighted by atomic mass is 10.2. The summed E-state index contributed by atoms with van der Waals surface area (Å²) in [5, 5.41) is 10.3. The number of nitrogens with zero attached hydrogens (tertiary/aromatic N) is 3. The molecule has 0 spiro atoms. The largest absolute Gasteiger partial charge is 0.309 e. The smallest absolute Gasteiger partial charge is 0.191 e. The highest BCUT2D eigenvalue weighted by Gasteiger charge is 2.29. The van der Waals surface area contributed by atoms with Crippen LogP contribution in [0.2, 0.25) is 5.02 Å². The Balaban J connectivity index is 1.72. The van der Waals surface area contributed by atoms with Crippen LogP contribution in [0.4, 0.5) is 0 Å². The number of hydrogen-bond acceptors (Lipinski definition) is 3. The van der Waals surface area contributed by atoms with Gasteiger partial charge in [0, 0.05) is 23.7 Å². The SMILES string of the molecule is Cn1c(SCc2ccccc2Cl)nnc1C1CC1. The zero-order valence-electron chi connectivity index (χ0n) is 10.1. The molecule has 1 saturated carbocycles. The van der Waals surface area contributed by atoms with Gasteiger partial charge in [-0.25, -0.2) is 0 Å². The molecule has 0 saturated heterocycles. The van der Waals surface area contributed by atoms with Gasteiger partial charge in [-0.3, -0.25) is 0 Å². The van der Waals surface area contributed by atoms with E-state index in [0.717, 1.165) is 27.3 Å². The molecule has 18 heavy (non-hydrogen) atoms. The van der Waals surface area contributed by atoms with E-state index in [0.29, 0.717) is 5.92 Å². The van der Waals surface area contributed by atoms with Crippen LogP contribution >= 0.6 is 23.4 Å².